The summed E-state index contributed by atoms with van der Waals surface area (Å²) in [6.45, 7) is 5.00. The molecule has 6 nitrogen and oxygen atoms in total. The van der Waals surface area contributed by atoms with Crippen LogP contribution in [-0.2, 0) is 11.3 Å². The number of carboxylic acid groups (broad SMARTS) is 1. The van der Waals surface area contributed by atoms with Gasteiger partial charge < -0.3 is 19.1 Å². The maximum Gasteiger partial charge on any atom is 0.490 e. The smallest absolute Gasteiger partial charge is 0.490 e. The van der Waals surface area contributed by atoms with E-state index in [1.165, 1.54) is 22.3 Å². The first-order valence-corrected chi connectivity index (χ1v) is 9.00. The molecule has 9 heteroatoms. The molecule has 3 rings (SSSR count). The Morgan fingerprint density at radius 1 is 1.20 bits per heavy atom. The number of pyridine rings is 1. The van der Waals surface area contributed by atoms with Crippen LogP contribution in [-0.4, -0.2) is 52.7 Å². The van der Waals surface area contributed by atoms with Crippen LogP contribution in [0.3, 0.4) is 0 Å². The highest BCUT2D eigenvalue weighted by atomic mass is 19.4. The number of benzene rings is 1. The summed E-state index contributed by atoms with van der Waals surface area (Å²) in [6, 6.07) is 8.53. The number of carboxylic acids is 1. The summed E-state index contributed by atoms with van der Waals surface area (Å²) in [7, 11) is 5.86. The lowest BCUT2D eigenvalue weighted by Gasteiger charge is -2.16. The summed E-state index contributed by atoms with van der Waals surface area (Å²) < 4.78 is 39.3. The van der Waals surface area contributed by atoms with E-state index in [0.29, 0.717) is 0 Å². The minimum atomic E-state index is -5.08. The third-order valence-corrected chi connectivity index (χ3v) is 4.24. The molecule has 0 fully saturated rings. The van der Waals surface area contributed by atoms with Gasteiger partial charge >= 0.3 is 12.1 Å². The number of rotatable bonds is 4. The maximum atomic E-state index is 10.6. The van der Waals surface area contributed by atoms with Crippen LogP contribution in [0.15, 0.2) is 36.7 Å². The van der Waals surface area contributed by atoms with Crippen molar-refractivity contribution in [3.8, 4) is 16.9 Å². The molecule has 0 saturated carbocycles. The van der Waals surface area contributed by atoms with E-state index < -0.39 is 12.1 Å². The highest BCUT2D eigenvalue weighted by Crippen LogP contribution is 2.30. The summed E-state index contributed by atoms with van der Waals surface area (Å²) in [4.78, 5) is 15.6. The molecule has 0 bridgehead atoms. The van der Waals surface area contributed by atoms with Crippen molar-refractivity contribution in [1.82, 2.24) is 14.3 Å². The van der Waals surface area contributed by atoms with E-state index in [-0.39, 0.29) is 0 Å². The molecule has 0 atom stereocenters. The van der Waals surface area contributed by atoms with Gasteiger partial charge in [0.15, 0.2) is 0 Å². The van der Waals surface area contributed by atoms with Crippen molar-refractivity contribution in [1.29, 1.82) is 0 Å². The fraction of sp³-hybridized carbons (Fsp3) is 0.333. The van der Waals surface area contributed by atoms with Crippen LogP contribution in [0, 0.1) is 13.8 Å². The van der Waals surface area contributed by atoms with Gasteiger partial charge in [-0.1, -0.05) is 6.07 Å². The van der Waals surface area contributed by atoms with Crippen LogP contribution < -0.4 is 4.74 Å². The SMILES string of the molecule is COc1ccc(-c2cn3cc(C)nc3cc2C)cc1CN(C)C.O=C(O)C(F)(F)F. The second-order valence-electron chi connectivity index (χ2n) is 7.09. The van der Waals surface area contributed by atoms with Crippen molar-refractivity contribution < 1.29 is 27.8 Å². The third kappa shape index (κ3) is 5.73. The van der Waals surface area contributed by atoms with Gasteiger partial charge in [-0.3, -0.25) is 0 Å². The monoisotopic (exact) mass is 423 g/mol. The molecule has 2 aromatic heterocycles. The van der Waals surface area contributed by atoms with E-state index in [4.69, 9.17) is 14.6 Å². The van der Waals surface area contributed by atoms with Gasteiger partial charge in [0.05, 0.1) is 12.8 Å². The molecule has 0 aliphatic carbocycles. The van der Waals surface area contributed by atoms with Crippen molar-refractivity contribution in [2.24, 2.45) is 0 Å². The number of imidazole rings is 1. The zero-order valence-corrected chi connectivity index (χ0v) is 17.4. The molecular weight excluding hydrogens is 399 g/mol. The summed E-state index contributed by atoms with van der Waals surface area (Å²) >= 11 is 0. The number of alkyl halides is 3. The molecule has 0 amide bonds. The molecule has 162 valence electrons. The van der Waals surface area contributed by atoms with Crippen LogP contribution in [0.5, 0.6) is 5.75 Å². The Morgan fingerprint density at radius 2 is 1.83 bits per heavy atom. The minimum Gasteiger partial charge on any atom is -0.496 e. The molecule has 0 aliphatic rings. The second-order valence-corrected chi connectivity index (χ2v) is 7.09. The molecule has 0 spiro atoms. The average molecular weight is 423 g/mol. The van der Waals surface area contributed by atoms with Crippen molar-refractivity contribution in [3.63, 3.8) is 0 Å². The molecule has 0 aliphatic heterocycles. The number of carbonyl (C=O) groups is 1. The predicted octanol–water partition coefficient (Wildman–Crippen LogP) is 4.32. The van der Waals surface area contributed by atoms with Gasteiger partial charge in [-0.15, -0.1) is 0 Å². The summed E-state index contributed by atoms with van der Waals surface area (Å²) in [5.41, 5.74) is 6.86. The summed E-state index contributed by atoms with van der Waals surface area (Å²) in [5, 5.41) is 7.12. The highest BCUT2D eigenvalue weighted by molar-refractivity contribution is 5.73. The fourth-order valence-corrected chi connectivity index (χ4v) is 2.97. The lowest BCUT2D eigenvalue weighted by atomic mass is 10.00. The topological polar surface area (TPSA) is 67.1 Å². The lowest BCUT2D eigenvalue weighted by molar-refractivity contribution is -0.192. The minimum absolute atomic E-state index is 0.850. The molecule has 3 aromatic rings. The van der Waals surface area contributed by atoms with Crippen LogP contribution in [0.2, 0.25) is 0 Å². The molecule has 1 aromatic carbocycles. The number of hydrogen-bond acceptors (Lipinski definition) is 4. The number of aryl methyl sites for hydroxylation is 2. The Labute approximate surface area is 172 Å². The maximum absolute atomic E-state index is 10.6. The van der Waals surface area contributed by atoms with Crippen LogP contribution in [0.4, 0.5) is 13.2 Å². The Kier molecular flexibility index (Phi) is 7.09. The zero-order valence-electron chi connectivity index (χ0n) is 17.4. The van der Waals surface area contributed by atoms with E-state index in [2.05, 4.69) is 72.0 Å². The van der Waals surface area contributed by atoms with Crippen molar-refractivity contribution in [2.75, 3.05) is 21.2 Å². The number of fused-ring (bicyclic) bond motifs is 1. The number of aliphatic carboxylic acids is 1. The average Bonchev–Trinajstić information content (AvgIpc) is 2.99. The Balaban J connectivity index is 0.000000396. The van der Waals surface area contributed by atoms with Crippen LogP contribution in [0.25, 0.3) is 16.8 Å². The van der Waals surface area contributed by atoms with Crippen molar-refractivity contribution in [2.45, 2.75) is 26.6 Å². The standard InChI is InChI=1S/C19H23N3O.C2HF3O2/c1-13-8-19-20-14(2)10-22(19)12-17(13)15-6-7-18(23-5)16(9-15)11-21(3)4;3-2(4,5)1(6)7/h6-10,12H,11H2,1-5H3;(H,6,7). The first-order valence-electron chi connectivity index (χ1n) is 9.00. The molecule has 1 N–H and O–H groups in total. The van der Waals surface area contributed by atoms with Gasteiger partial charge in [-0.2, -0.15) is 13.2 Å². The normalized spacial score (nSPS) is 11.4. The van der Waals surface area contributed by atoms with Crippen molar-refractivity contribution in [3.05, 3.63) is 53.5 Å². The van der Waals surface area contributed by atoms with Crippen LogP contribution >= 0.6 is 0 Å². The number of hydrogen-bond donors (Lipinski definition) is 1. The molecule has 2 heterocycles. The van der Waals surface area contributed by atoms with Crippen LogP contribution in [0.1, 0.15) is 16.8 Å². The van der Waals surface area contributed by atoms with E-state index in [0.717, 1.165) is 23.6 Å². The highest BCUT2D eigenvalue weighted by Gasteiger charge is 2.38. The van der Waals surface area contributed by atoms with Gasteiger partial charge in [-0.05, 0) is 57.3 Å². The molecule has 0 radical (unpaired) electrons. The van der Waals surface area contributed by atoms with E-state index >= 15 is 0 Å². The van der Waals surface area contributed by atoms with Gasteiger partial charge in [-0.25, -0.2) is 9.78 Å². The quantitative estimate of drug-likeness (QED) is 0.677. The van der Waals surface area contributed by atoms with Gasteiger partial charge in [0, 0.05) is 30.1 Å². The van der Waals surface area contributed by atoms with E-state index in [1.54, 1.807) is 7.11 Å². The van der Waals surface area contributed by atoms with Crippen molar-refractivity contribution >= 4 is 11.6 Å². The van der Waals surface area contributed by atoms with E-state index in [1.807, 2.05) is 6.92 Å². The first-order chi connectivity index (χ1) is 13.9. The largest absolute Gasteiger partial charge is 0.496 e. The Bertz CT molecular complexity index is 1040. The van der Waals surface area contributed by atoms with Gasteiger partial charge in [0.25, 0.3) is 0 Å². The molecule has 0 unspecified atom stereocenters. The Hall–Kier alpha value is -3.07. The van der Waals surface area contributed by atoms with E-state index in [9.17, 15) is 13.2 Å². The number of aromatic nitrogens is 2. The Morgan fingerprint density at radius 3 is 2.37 bits per heavy atom. The van der Waals surface area contributed by atoms with Gasteiger partial charge in [0.1, 0.15) is 11.4 Å². The zero-order chi connectivity index (χ0) is 22.6. The summed E-state index contributed by atoms with van der Waals surface area (Å²) in [6.07, 6.45) is -0.867. The molecule has 0 saturated heterocycles. The number of halogens is 3. The number of methoxy groups -OCH3 is 1. The predicted molar refractivity (Wildman–Crippen MR) is 108 cm³/mol. The molecular formula is C21H24F3N3O3. The van der Waals surface area contributed by atoms with Gasteiger partial charge in [0.2, 0.25) is 0 Å². The summed E-state index contributed by atoms with van der Waals surface area (Å²) in [5.74, 6) is -1.83. The third-order valence-electron chi connectivity index (χ3n) is 4.24. The number of nitrogens with zero attached hydrogens (tertiary/aromatic N) is 3. The number of ether oxygens (including phenoxy) is 1. The second kappa shape index (κ2) is 9.17. The molecule has 30 heavy (non-hydrogen) atoms. The fourth-order valence-electron chi connectivity index (χ4n) is 2.97. The lowest BCUT2D eigenvalue weighted by Crippen LogP contribution is -2.21. The first kappa shape index (κ1) is 23.2.